The summed E-state index contributed by atoms with van der Waals surface area (Å²) < 4.78 is 8.50. The molecular formula is C18H32NNaO7. The van der Waals surface area contributed by atoms with Crippen LogP contribution in [0.4, 0.5) is 4.79 Å². The third kappa shape index (κ3) is 18.2. The van der Waals surface area contributed by atoms with Gasteiger partial charge in [0.1, 0.15) is 6.04 Å². The quantitative estimate of drug-likeness (QED) is 0.186. The maximum Gasteiger partial charge on any atom is 1.00 e. The molecule has 0 bridgehead atoms. The first-order valence-electron chi connectivity index (χ1n) is 9.30. The van der Waals surface area contributed by atoms with E-state index in [1.165, 1.54) is 32.1 Å². The summed E-state index contributed by atoms with van der Waals surface area (Å²) in [5.41, 5.74) is 5.38. The van der Waals surface area contributed by atoms with Crippen molar-refractivity contribution in [3.8, 4) is 0 Å². The van der Waals surface area contributed by atoms with Gasteiger partial charge in [-0.3, -0.25) is 9.59 Å². The first-order chi connectivity index (χ1) is 12.4. The molecule has 0 amide bonds. The number of carbonyl (C=O) groups is 4. The first-order valence-corrected chi connectivity index (χ1v) is 9.30. The maximum absolute atomic E-state index is 11.5. The Labute approximate surface area is 184 Å². The SMILES string of the molecule is CCCCCCCCCCCC(=O)OC(=O)CC[C@H](N)C(=O)OC(=O)O.[H-].[Na+]. The fourth-order valence-electron chi connectivity index (χ4n) is 2.36. The van der Waals surface area contributed by atoms with E-state index in [0.29, 0.717) is 6.42 Å². The van der Waals surface area contributed by atoms with Crippen LogP contribution in [0.3, 0.4) is 0 Å². The second-order valence-electron chi connectivity index (χ2n) is 6.26. The van der Waals surface area contributed by atoms with Crippen LogP contribution in [-0.4, -0.2) is 35.2 Å². The van der Waals surface area contributed by atoms with Crippen molar-refractivity contribution in [3.63, 3.8) is 0 Å². The third-order valence-corrected chi connectivity index (χ3v) is 3.86. The summed E-state index contributed by atoms with van der Waals surface area (Å²) in [4.78, 5) is 44.4. The second-order valence-corrected chi connectivity index (χ2v) is 6.26. The molecule has 0 rings (SSSR count). The van der Waals surface area contributed by atoms with Gasteiger partial charge in [0.05, 0.1) is 0 Å². The molecule has 27 heavy (non-hydrogen) atoms. The van der Waals surface area contributed by atoms with E-state index in [-0.39, 0.29) is 50.2 Å². The molecule has 0 heterocycles. The fourth-order valence-corrected chi connectivity index (χ4v) is 2.36. The van der Waals surface area contributed by atoms with Crippen LogP contribution in [-0.2, 0) is 23.9 Å². The summed E-state index contributed by atoms with van der Waals surface area (Å²) in [5.74, 6) is -2.53. The summed E-state index contributed by atoms with van der Waals surface area (Å²) in [6.45, 7) is 2.19. The Kier molecular flexibility index (Phi) is 19.3. The van der Waals surface area contributed by atoms with Gasteiger partial charge < -0.3 is 21.7 Å². The summed E-state index contributed by atoms with van der Waals surface area (Å²) >= 11 is 0. The number of carboxylic acid groups (broad SMARTS) is 1. The number of carbonyl (C=O) groups excluding carboxylic acids is 3. The van der Waals surface area contributed by atoms with Crippen LogP contribution in [0.25, 0.3) is 0 Å². The van der Waals surface area contributed by atoms with Gasteiger partial charge in [0, 0.05) is 12.8 Å². The van der Waals surface area contributed by atoms with Crippen molar-refractivity contribution in [2.24, 2.45) is 5.73 Å². The molecule has 0 radical (unpaired) electrons. The fraction of sp³-hybridized carbons (Fsp3) is 0.778. The van der Waals surface area contributed by atoms with E-state index >= 15 is 0 Å². The molecule has 9 heteroatoms. The molecule has 0 unspecified atom stereocenters. The van der Waals surface area contributed by atoms with Crippen molar-refractivity contribution in [1.29, 1.82) is 0 Å². The predicted molar refractivity (Wildman–Crippen MR) is 95.4 cm³/mol. The second kappa shape index (κ2) is 18.4. The molecule has 0 aliphatic carbocycles. The van der Waals surface area contributed by atoms with Gasteiger partial charge in [-0.1, -0.05) is 58.3 Å². The van der Waals surface area contributed by atoms with Crippen molar-refractivity contribution in [2.45, 2.75) is 90.0 Å². The Balaban J connectivity index is -0.00000312. The van der Waals surface area contributed by atoms with Crippen LogP contribution in [0.15, 0.2) is 0 Å². The number of unbranched alkanes of at least 4 members (excludes halogenated alkanes) is 8. The molecule has 0 fully saturated rings. The summed E-state index contributed by atoms with van der Waals surface area (Å²) in [6, 6.07) is -1.26. The number of esters is 3. The summed E-state index contributed by atoms with van der Waals surface area (Å²) in [5, 5.41) is 8.28. The van der Waals surface area contributed by atoms with E-state index in [4.69, 9.17) is 10.8 Å². The molecular weight excluding hydrogens is 365 g/mol. The molecule has 0 spiro atoms. The monoisotopic (exact) mass is 397 g/mol. The summed E-state index contributed by atoms with van der Waals surface area (Å²) in [7, 11) is 0. The van der Waals surface area contributed by atoms with Gasteiger partial charge in [0.15, 0.2) is 0 Å². The number of ether oxygens (including phenoxy) is 2. The van der Waals surface area contributed by atoms with Crippen LogP contribution in [0.5, 0.6) is 0 Å². The van der Waals surface area contributed by atoms with Gasteiger partial charge in [-0.05, 0) is 12.8 Å². The van der Waals surface area contributed by atoms with E-state index in [2.05, 4.69) is 16.4 Å². The molecule has 8 nitrogen and oxygen atoms in total. The Hall–Kier alpha value is -0.960. The van der Waals surface area contributed by atoms with E-state index < -0.39 is 30.1 Å². The topological polar surface area (TPSA) is 133 Å². The zero-order valence-electron chi connectivity index (χ0n) is 17.5. The maximum atomic E-state index is 11.5. The Morgan fingerprint density at radius 2 is 1.33 bits per heavy atom. The Morgan fingerprint density at radius 3 is 1.85 bits per heavy atom. The molecule has 0 aromatic heterocycles. The minimum atomic E-state index is -1.76. The van der Waals surface area contributed by atoms with Crippen molar-refractivity contribution in [1.82, 2.24) is 0 Å². The molecule has 0 aliphatic rings. The molecule has 0 aliphatic heterocycles. The Morgan fingerprint density at radius 1 is 0.852 bits per heavy atom. The van der Waals surface area contributed by atoms with Gasteiger partial charge in [0.25, 0.3) is 0 Å². The van der Waals surface area contributed by atoms with Gasteiger partial charge in [-0.25, -0.2) is 9.59 Å². The minimum absolute atomic E-state index is 0. The largest absolute Gasteiger partial charge is 1.00 e. The van der Waals surface area contributed by atoms with E-state index in [1.807, 2.05) is 0 Å². The van der Waals surface area contributed by atoms with E-state index in [0.717, 1.165) is 19.3 Å². The molecule has 0 aromatic carbocycles. The zero-order chi connectivity index (χ0) is 19.8. The molecule has 0 saturated carbocycles. The molecule has 0 aromatic rings. The summed E-state index contributed by atoms with van der Waals surface area (Å²) in [6.07, 6.45) is 8.08. The molecule has 3 N–H and O–H groups in total. The molecule has 1 atom stereocenters. The third-order valence-electron chi connectivity index (χ3n) is 3.86. The normalized spacial score (nSPS) is 11.2. The van der Waals surface area contributed by atoms with Crippen LogP contribution in [0.2, 0.25) is 0 Å². The minimum Gasteiger partial charge on any atom is -1.00 e. The zero-order valence-corrected chi connectivity index (χ0v) is 18.5. The molecule has 152 valence electrons. The van der Waals surface area contributed by atoms with Gasteiger partial charge in [-0.15, -0.1) is 0 Å². The smallest absolute Gasteiger partial charge is 1.00 e. The average Bonchev–Trinajstić information content (AvgIpc) is 2.57. The van der Waals surface area contributed by atoms with Gasteiger partial charge >= 0.3 is 53.6 Å². The van der Waals surface area contributed by atoms with Crippen LogP contribution in [0.1, 0.15) is 85.4 Å². The van der Waals surface area contributed by atoms with E-state index in [9.17, 15) is 19.2 Å². The number of hydrogen-bond acceptors (Lipinski definition) is 7. The number of nitrogens with two attached hydrogens (primary N) is 1. The van der Waals surface area contributed by atoms with Gasteiger partial charge in [0.2, 0.25) is 0 Å². The van der Waals surface area contributed by atoms with Crippen molar-refractivity contribution < 1.29 is 64.7 Å². The predicted octanol–water partition coefficient (Wildman–Crippen LogP) is 0.422. The molecule has 0 saturated heterocycles. The van der Waals surface area contributed by atoms with Crippen molar-refractivity contribution in [2.75, 3.05) is 0 Å². The standard InChI is InChI=1S/C18H31NO7.Na.H/c1-2-3-4-5-6-7-8-9-10-11-15(20)25-16(21)13-12-14(19)17(22)26-18(23)24;;/h14H,2-13,19H2,1H3,(H,23,24);;/q;+1;-1/t14-;;/m0../s1. The van der Waals surface area contributed by atoms with Crippen molar-refractivity contribution >= 4 is 24.1 Å². The van der Waals surface area contributed by atoms with Crippen LogP contribution >= 0.6 is 0 Å². The number of rotatable bonds is 14. The van der Waals surface area contributed by atoms with Crippen LogP contribution in [0, 0.1) is 0 Å². The first kappa shape index (κ1) is 28.3. The van der Waals surface area contributed by atoms with Crippen molar-refractivity contribution in [3.05, 3.63) is 0 Å². The Bertz CT molecular complexity index is 463. The van der Waals surface area contributed by atoms with E-state index in [1.54, 1.807) is 0 Å². The van der Waals surface area contributed by atoms with Gasteiger partial charge in [-0.2, -0.15) is 0 Å². The number of hydrogen-bond donors (Lipinski definition) is 2. The van der Waals surface area contributed by atoms with Crippen LogP contribution < -0.4 is 35.3 Å². The average molecular weight is 397 g/mol.